The first kappa shape index (κ1) is 50.3. The van der Waals surface area contributed by atoms with Crippen molar-refractivity contribution in [3.8, 4) is 22.4 Å². The van der Waals surface area contributed by atoms with Crippen molar-refractivity contribution in [1.29, 1.82) is 0 Å². The highest BCUT2D eigenvalue weighted by Crippen LogP contribution is 2.43. The van der Waals surface area contributed by atoms with E-state index in [-0.39, 0.29) is 34.0 Å². The lowest BCUT2D eigenvalue weighted by molar-refractivity contribution is -0.127. The molecule has 1 aromatic heterocycles. The van der Waals surface area contributed by atoms with Crippen LogP contribution in [0.15, 0.2) is 131 Å². The van der Waals surface area contributed by atoms with Crippen LogP contribution in [0, 0.1) is 0 Å². The molecule has 0 saturated carbocycles. The van der Waals surface area contributed by atoms with E-state index in [4.69, 9.17) is 11.6 Å². The highest BCUT2D eigenvalue weighted by Gasteiger charge is 2.32. The molecule has 6 aromatic rings. The first-order valence-corrected chi connectivity index (χ1v) is 27.0. The Bertz CT molecular complexity index is 2910. The van der Waals surface area contributed by atoms with Gasteiger partial charge in [0.1, 0.15) is 0 Å². The minimum Gasteiger partial charge on any atom is -0.478 e. The van der Waals surface area contributed by atoms with E-state index >= 15 is 0 Å². The zero-order chi connectivity index (χ0) is 49.7. The molecule has 4 heterocycles. The summed E-state index contributed by atoms with van der Waals surface area (Å²) in [5.41, 5.74) is 6.77. The molecule has 4 N–H and O–H groups in total. The number of likely N-dealkylation sites (tertiary alicyclic amines) is 1. The third kappa shape index (κ3) is 12.3. The van der Waals surface area contributed by atoms with Crippen LogP contribution in [0.5, 0.6) is 0 Å². The van der Waals surface area contributed by atoms with Gasteiger partial charge in [-0.25, -0.2) is 13.2 Å². The maximum Gasteiger partial charge on any atom is 0.393 e. The smallest absolute Gasteiger partial charge is 0.393 e. The molecule has 2 saturated heterocycles. The second-order valence-electron chi connectivity index (χ2n) is 18.6. The minimum atomic E-state index is -4.59. The van der Waals surface area contributed by atoms with Gasteiger partial charge < -0.3 is 34.8 Å². The number of halogens is 4. The number of carboxylic acid groups (broad SMARTS) is 1. The number of nitrogens with one attached hydrogen (secondary N) is 2. The van der Waals surface area contributed by atoms with E-state index in [1.165, 1.54) is 12.1 Å². The van der Waals surface area contributed by atoms with Gasteiger partial charge in [0.25, 0.3) is 10.0 Å². The van der Waals surface area contributed by atoms with Crippen molar-refractivity contribution in [2.75, 3.05) is 71.4 Å². The number of anilines is 4. The molecule has 3 aliphatic rings. The molecular weight excluding hydrogens is 969 g/mol. The van der Waals surface area contributed by atoms with Crippen LogP contribution in [0.2, 0.25) is 5.02 Å². The van der Waals surface area contributed by atoms with Gasteiger partial charge in [0.05, 0.1) is 28.7 Å². The van der Waals surface area contributed by atoms with Crippen LogP contribution in [0.1, 0.15) is 53.7 Å². The number of piperazine rings is 1. The van der Waals surface area contributed by atoms with Crippen molar-refractivity contribution in [1.82, 2.24) is 9.47 Å². The molecule has 71 heavy (non-hydrogen) atoms. The highest BCUT2D eigenvalue weighted by atomic mass is 35.5. The molecule has 1 atom stereocenters. The van der Waals surface area contributed by atoms with E-state index in [0.29, 0.717) is 80.3 Å². The van der Waals surface area contributed by atoms with Crippen LogP contribution in [0.4, 0.5) is 35.9 Å². The Balaban J connectivity index is 0.868. The Morgan fingerprint density at radius 3 is 2.18 bits per heavy atom. The van der Waals surface area contributed by atoms with Gasteiger partial charge in [0.15, 0.2) is 0 Å². The van der Waals surface area contributed by atoms with Crippen molar-refractivity contribution in [3.05, 3.63) is 143 Å². The van der Waals surface area contributed by atoms with Gasteiger partial charge in [-0.2, -0.15) is 13.2 Å². The number of nitrogens with zero attached hydrogens (tertiary/aromatic N) is 4. The van der Waals surface area contributed by atoms with Crippen molar-refractivity contribution < 1.29 is 36.6 Å². The monoisotopic (exact) mass is 1030 g/mol. The van der Waals surface area contributed by atoms with Crippen LogP contribution >= 0.6 is 23.4 Å². The minimum absolute atomic E-state index is 0.159. The SMILES string of the molecule is O=C(O)c1c(-c2cccc(N3CCN(c4ccc(NS(=O)(=O)c5ccc(N[C@H](CCN6CCC(O)CC6)CSc6ccccc6)c(CC(F)(F)F)c5)cc4)CC3)c2)c(-c2ccc(Cl)cc2)n2c1CCCC2. The van der Waals surface area contributed by atoms with Gasteiger partial charge in [-0.3, -0.25) is 4.72 Å². The molecule has 3 aliphatic heterocycles. The molecule has 2 fully saturated rings. The van der Waals surface area contributed by atoms with Crippen LogP contribution in [0.25, 0.3) is 22.4 Å². The van der Waals surface area contributed by atoms with Crippen molar-refractivity contribution >= 4 is 62.1 Å². The van der Waals surface area contributed by atoms with E-state index in [0.717, 1.165) is 77.3 Å². The van der Waals surface area contributed by atoms with E-state index in [1.807, 2.05) is 84.9 Å². The van der Waals surface area contributed by atoms with Crippen LogP contribution in [-0.2, 0) is 29.4 Å². The molecule has 0 spiro atoms. The number of piperidine rings is 1. The fourth-order valence-electron chi connectivity index (χ4n) is 10.0. The van der Waals surface area contributed by atoms with Gasteiger partial charge >= 0.3 is 12.1 Å². The zero-order valence-corrected chi connectivity index (χ0v) is 41.6. The number of fused-ring (bicyclic) bond motifs is 1. The number of aromatic carboxylic acids is 1. The summed E-state index contributed by atoms with van der Waals surface area (Å²) in [5.74, 6) is -0.366. The number of hydrogen-bond donors (Lipinski definition) is 4. The fourth-order valence-corrected chi connectivity index (χ4v) is 12.3. The summed E-state index contributed by atoms with van der Waals surface area (Å²) < 4.78 is 74.7. The number of carbonyl (C=O) groups is 1. The standard InChI is InChI=1S/C54H58ClF3N6O5S2/c55-40-14-12-37(13-15-40)52-50(51(53(66)67)49-11-4-5-25-64(49)52)38-7-6-8-44(33-38)63-31-29-62(30-32-63)43-18-16-41(17-19-43)60-71(68,69)47-20-21-48(39(34-47)35-54(56,57)58)59-42(36-70-46-9-2-1-3-10-46)22-26-61-27-23-45(65)24-28-61/h1-3,6-10,12-21,33-34,42,45,59-60,65H,4-5,11,22-32,35-36H2,(H,66,67)/t42-/m1/s1. The Kier molecular flexibility index (Phi) is 15.6. The second kappa shape index (κ2) is 22.0. The fraction of sp³-hybridized carbons (Fsp3) is 0.352. The Morgan fingerprint density at radius 1 is 0.789 bits per heavy atom. The van der Waals surface area contributed by atoms with Crippen LogP contribution in [-0.4, -0.2) is 104 Å². The number of hydrogen-bond acceptors (Lipinski definition) is 9. The molecule has 374 valence electrons. The molecule has 0 aliphatic carbocycles. The molecule has 5 aromatic carbocycles. The Hall–Kier alpha value is -5.65. The number of benzene rings is 5. The lowest BCUT2D eigenvalue weighted by atomic mass is 9.95. The van der Waals surface area contributed by atoms with E-state index < -0.39 is 28.6 Å². The van der Waals surface area contributed by atoms with E-state index in [1.54, 1.807) is 23.9 Å². The highest BCUT2D eigenvalue weighted by molar-refractivity contribution is 7.99. The number of aromatic nitrogens is 1. The zero-order valence-electron chi connectivity index (χ0n) is 39.3. The van der Waals surface area contributed by atoms with Crippen molar-refractivity contribution in [2.45, 2.75) is 79.6 Å². The van der Waals surface area contributed by atoms with Gasteiger partial charge in [0.2, 0.25) is 0 Å². The number of sulfonamides is 1. The van der Waals surface area contributed by atoms with Crippen LogP contribution < -0.4 is 19.8 Å². The Morgan fingerprint density at radius 2 is 1.49 bits per heavy atom. The lowest BCUT2D eigenvalue weighted by Crippen LogP contribution is -2.46. The average Bonchev–Trinajstić information content (AvgIpc) is 3.72. The summed E-state index contributed by atoms with van der Waals surface area (Å²) in [5, 5.41) is 24.6. The maximum atomic E-state index is 14.1. The normalized spacial score (nSPS) is 16.4. The van der Waals surface area contributed by atoms with Crippen LogP contribution in [0.3, 0.4) is 0 Å². The second-order valence-corrected chi connectivity index (χ2v) is 21.8. The van der Waals surface area contributed by atoms with Crippen molar-refractivity contribution in [2.24, 2.45) is 0 Å². The van der Waals surface area contributed by atoms with Gasteiger partial charge in [-0.15, -0.1) is 11.8 Å². The summed E-state index contributed by atoms with van der Waals surface area (Å²) in [6, 6.07) is 36.1. The number of alkyl halides is 3. The molecule has 9 rings (SSSR count). The molecule has 0 bridgehead atoms. The summed E-state index contributed by atoms with van der Waals surface area (Å²) in [6.45, 7) is 5.65. The molecule has 11 nitrogen and oxygen atoms in total. The first-order chi connectivity index (χ1) is 34.2. The third-order valence-electron chi connectivity index (χ3n) is 13.7. The summed E-state index contributed by atoms with van der Waals surface area (Å²) in [7, 11) is -4.28. The predicted molar refractivity (Wildman–Crippen MR) is 279 cm³/mol. The van der Waals surface area contributed by atoms with Gasteiger partial charge in [0, 0.05) is 108 Å². The number of thioether (sulfide) groups is 1. The number of rotatable bonds is 17. The maximum absolute atomic E-state index is 14.1. The molecular formula is C54H58ClF3N6O5S2. The summed E-state index contributed by atoms with van der Waals surface area (Å²) in [6.07, 6.45) is -1.61. The largest absolute Gasteiger partial charge is 0.478 e. The molecule has 0 radical (unpaired) electrons. The summed E-state index contributed by atoms with van der Waals surface area (Å²) >= 11 is 7.87. The van der Waals surface area contributed by atoms with Gasteiger partial charge in [-0.05, 0) is 134 Å². The number of carboxylic acids is 1. The first-order valence-electron chi connectivity index (χ1n) is 24.2. The molecule has 0 unspecified atom stereocenters. The molecule has 17 heteroatoms. The van der Waals surface area contributed by atoms with E-state index in [9.17, 15) is 36.6 Å². The Labute approximate surface area is 422 Å². The predicted octanol–water partition coefficient (Wildman–Crippen LogP) is 11.2. The van der Waals surface area contributed by atoms with Gasteiger partial charge in [-0.1, -0.05) is 54.1 Å². The molecule has 0 amide bonds. The average molecular weight is 1030 g/mol. The number of aliphatic hydroxyl groups is 1. The topological polar surface area (TPSA) is 130 Å². The summed E-state index contributed by atoms with van der Waals surface area (Å²) in [4.78, 5) is 20.5. The number of aliphatic hydroxyl groups excluding tert-OH is 1. The van der Waals surface area contributed by atoms with E-state index in [2.05, 4.69) is 35.4 Å². The third-order valence-corrected chi connectivity index (χ3v) is 16.5. The lowest BCUT2D eigenvalue weighted by Gasteiger charge is -2.37. The quantitative estimate of drug-likeness (QED) is 0.0655. The van der Waals surface area contributed by atoms with Crippen molar-refractivity contribution in [3.63, 3.8) is 0 Å².